The number of benzene rings is 3. The molecule has 0 saturated carbocycles. The number of nitrogens with zero attached hydrogens (tertiary/aromatic N) is 2. The molecule has 0 spiro atoms. The van der Waals surface area contributed by atoms with Gasteiger partial charge in [-0.15, -0.1) is 0 Å². The van der Waals surface area contributed by atoms with Crippen molar-refractivity contribution in [3.63, 3.8) is 0 Å². The Kier molecular flexibility index (Phi) is 7.33. The first-order valence-corrected chi connectivity index (χ1v) is 12.6. The minimum Gasteiger partial charge on any atom is -0.324 e. The maximum absolute atomic E-state index is 14.0. The molecule has 1 aliphatic rings. The standard InChI is InChI=1S/C30H30F2N4/c1-2-3-15-33-16-14-20-8-11-23(12-9-20)35-30-34-19-22-17-26(21-10-13-27(31)28(32)18-21)24-6-4-5-7-25(24)29(22)36-30/h4-13,18-19,26,33H,2-3,14-17H2,1H3,(H,34,35,36). The van der Waals surface area contributed by atoms with Crippen LogP contribution in [-0.2, 0) is 12.8 Å². The summed E-state index contributed by atoms with van der Waals surface area (Å²) in [7, 11) is 0. The third-order valence-corrected chi connectivity index (χ3v) is 6.73. The molecule has 1 aliphatic carbocycles. The van der Waals surface area contributed by atoms with Crippen LogP contribution in [0.25, 0.3) is 11.3 Å². The van der Waals surface area contributed by atoms with Crippen LogP contribution in [0, 0.1) is 11.6 Å². The minimum absolute atomic E-state index is 0.0878. The zero-order valence-electron chi connectivity index (χ0n) is 20.4. The smallest absolute Gasteiger partial charge is 0.227 e. The van der Waals surface area contributed by atoms with E-state index in [4.69, 9.17) is 4.98 Å². The minimum atomic E-state index is -0.834. The molecule has 0 bridgehead atoms. The molecule has 1 atom stereocenters. The number of halogens is 2. The van der Waals surface area contributed by atoms with E-state index in [0.29, 0.717) is 12.4 Å². The van der Waals surface area contributed by atoms with Crippen LogP contribution in [0.5, 0.6) is 0 Å². The van der Waals surface area contributed by atoms with Gasteiger partial charge in [0.15, 0.2) is 11.6 Å². The van der Waals surface area contributed by atoms with Gasteiger partial charge in [-0.2, -0.15) is 0 Å². The molecule has 4 aromatic rings. The highest BCUT2D eigenvalue weighted by atomic mass is 19.2. The van der Waals surface area contributed by atoms with Crippen molar-refractivity contribution in [1.29, 1.82) is 0 Å². The number of hydrogen-bond donors (Lipinski definition) is 2. The SMILES string of the molecule is CCCCNCCc1ccc(Nc2ncc3c(n2)-c2ccccc2C(c2ccc(F)c(F)c2)C3)cc1. The van der Waals surface area contributed by atoms with Crippen LogP contribution < -0.4 is 10.6 Å². The number of fused-ring (bicyclic) bond motifs is 3. The Morgan fingerprint density at radius 2 is 1.78 bits per heavy atom. The molecule has 1 aromatic heterocycles. The van der Waals surface area contributed by atoms with Crippen molar-refractivity contribution < 1.29 is 8.78 Å². The van der Waals surface area contributed by atoms with E-state index in [1.54, 1.807) is 6.07 Å². The van der Waals surface area contributed by atoms with Crippen LogP contribution >= 0.6 is 0 Å². The highest BCUT2D eigenvalue weighted by molar-refractivity contribution is 5.73. The molecule has 6 heteroatoms. The van der Waals surface area contributed by atoms with Crippen LogP contribution in [0.15, 0.2) is 72.9 Å². The number of hydrogen-bond acceptors (Lipinski definition) is 4. The summed E-state index contributed by atoms with van der Waals surface area (Å²) in [6, 6.07) is 20.5. The molecule has 1 unspecified atom stereocenters. The van der Waals surface area contributed by atoms with Gasteiger partial charge in [-0.25, -0.2) is 18.7 Å². The third-order valence-electron chi connectivity index (χ3n) is 6.73. The van der Waals surface area contributed by atoms with Crippen LogP contribution in [0.4, 0.5) is 20.4 Å². The molecule has 5 rings (SSSR count). The largest absolute Gasteiger partial charge is 0.324 e. The Morgan fingerprint density at radius 1 is 0.944 bits per heavy atom. The lowest BCUT2D eigenvalue weighted by Gasteiger charge is -2.27. The van der Waals surface area contributed by atoms with Crippen molar-refractivity contribution in [2.75, 3.05) is 18.4 Å². The van der Waals surface area contributed by atoms with E-state index in [9.17, 15) is 8.78 Å². The lowest BCUT2D eigenvalue weighted by atomic mass is 9.78. The number of aromatic nitrogens is 2. The van der Waals surface area contributed by atoms with E-state index in [1.807, 2.05) is 30.5 Å². The second kappa shape index (κ2) is 11.0. The van der Waals surface area contributed by atoms with Gasteiger partial charge in [0.2, 0.25) is 5.95 Å². The zero-order chi connectivity index (χ0) is 24.9. The van der Waals surface area contributed by atoms with Gasteiger partial charge in [-0.3, -0.25) is 0 Å². The first kappa shape index (κ1) is 24.1. The summed E-state index contributed by atoms with van der Waals surface area (Å²) in [5, 5.41) is 6.80. The summed E-state index contributed by atoms with van der Waals surface area (Å²) in [6.07, 6.45) is 5.87. The molecule has 0 saturated heterocycles. The monoisotopic (exact) mass is 484 g/mol. The average Bonchev–Trinajstić information content (AvgIpc) is 2.91. The normalized spacial score (nSPS) is 14.2. The predicted octanol–water partition coefficient (Wildman–Crippen LogP) is 6.79. The zero-order valence-corrected chi connectivity index (χ0v) is 20.4. The highest BCUT2D eigenvalue weighted by Crippen LogP contribution is 2.42. The summed E-state index contributed by atoms with van der Waals surface area (Å²) in [4.78, 5) is 9.40. The highest BCUT2D eigenvalue weighted by Gasteiger charge is 2.28. The van der Waals surface area contributed by atoms with Crippen LogP contribution in [0.3, 0.4) is 0 Å². The maximum atomic E-state index is 14.0. The first-order valence-electron chi connectivity index (χ1n) is 12.6. The van der Waals surface area contributed by atoms with Gasteiger partial charge in [0.25, 0.3) is 0 Å². The van der Waals surface area contributed by atoms with Gasteiger partial charge >= 0.3 is 0 Å². The topological polar surface area (TPSA) is 49.8 Å². The van der Waals surface area contributed by atoms with Crippen LogP contribution in [-0.4, -0.2) is 23.1 Å². The van der Waals surface area contributed by atoms with Gasteiger partial charge in [0.05, 0.1) is 5.69 Å². The van der Waals surface area contributed by atoms with Crippen molar-refractivity contribution in [1.82, 2.24) is 15.3 Å². The molecule has 0 amide bonds. The predicted molar refractivity (Wildman–Crippen MR) is 141 cm³/mol. The second-order valence-electron chi connectivity index (χ2n) is 9.26. The molecular weight excluding hydrogens is 454 g/mol. The fourth-order valence-corrected chi connectivity index (χ4v) is 4.77. The second-order valence-corrected chi connectivity index (χ2v) is 9.26. The summed E-state index contributed by atoms with van der Waals surface area (Å²) in [6.45, 7) is 4.24. The summed E-state index contributed by atoms with van der Waals surface area (Å²) >= 11 is 0. The van der Waals surface area contributed by atoms with Crippen molar-refractivity contribution in [3.8, 4) is 11.3 Å². The number of nitrogens with one attached hydrogen (secondary N) is 2. The number of anilines is 2. The van der Waals surface area contributed by atoms with Gasteiger partial charge in [0.1, 0.15) is 0 Å². The van der Waals surface area contributed by atoms with Gasteiger partial charge in [0, 0.05) is 23.4 Å². The van der Waals surface area contributed by atoms with E-state index < -0.39 is 11.6 Å². The van der Waals surface area contributed by atoms with Gasteiger partial charge in [-0.1, -0.05) is 55.8 Å². The molecule has 0 radical (unpaired) electrons. The fraction of sp³-hybridized carbons (Fsp3) is 0.267. The molecule has 184 valence electrons. The summed E-state index contributed by atoms with van der Waals surface area (Å²) in [5.74, 6) is -1.22. The Hall–Kier alpha value is -3.64. The van der Waals surface area contributed by atoms with Gasteiger partial charge in [-0.05, 0) is 78.9 Å². The lowest BCUT2D eigenvalue weighted by Crippen LogP contribution is -2.18. The first-order chi connectivity index (χ1) is 17.6. The van der Waals surface area contributed by atoms with E-state index in [-0.39, 0.29) is 5.92 Å². The number of unbranched alkanes of at least 4 members (excludes halogenated alkanes) is 1. The Labute approximate surface area is 210 Å². The molecule has 1 heterocycles. The Morgan fingerprint density at radius 3 is 2.58 bits per heavy atom. The van der Waals surface area contributed by atoms with Crippen LogP contribution in [0.2, 0.25) is 0 Å². The van der Waals surface area contributed by atoms with Crippen molar-refractivity contribution in [2.45, 2.75) is 38.5 Å². The molecule has 0 fully saturated rings. The van der Waals surface area contributed by atoms with Crippen molar-refractivity contribution in [2.24, 2.45) is 0 Å². The third kappa shape index (κ3) is 5.29. The van der Waals surface area contributed by atoms with E-state index in [1.165, 1.54) is 30.5 Å². The molecule has 2 N–H and O–H groups in total. The number of rotatable bonds is 9. The molecule has 4 nitrogen and oxygen atoms in total. The lowest BCUT2D eigenvalue weighted by molar-refractivity contribution is 0.506. The summed E-state index contributed by atoms with van der Waals surface area (Å²) in [5.41, 5.74) is 6.86. The fourth-order valence-electron chi connectivity index (χ4n) is 4.77. The summed E-state index contributed by atoms with van der Waals surface area (Å²) < 4.78 is 27.5. The molecule has 0 aliphatic heterocycles. The van der Waals surface area contributed by atoms with E-state index in [2.05, 4.69) is 46.8 Å². The molecule has 36 heavy (non-hydrogen) atoms. The Balaban J connectivity index is 1.33. The Bertz CT molecular complexity index is 1340. The average molecular weight is 485 g/mol. The quantitative estimate of drug-likeness (QED) is 0.257. The van der Waals surface area contributed by atoms with Crippen molar-refractivity contribution in [3.05, 3.63) is 107 Å². The van der Waals surface area contributed by atoms with E-state index >= 15 is 0 Å². The van der Waals surface area contributed by atoms with Crippen LogP contribution in [0.1, 0.15) is 47.9 Å². The maximum Gasteiger partial charge on any atom is 0.227 e. The van der Waals surface area contributed by atoms with Crippen molar-refractivity contribution >= 4 is 11.6 Å². The molecule has 3 aromatic carbocycles. The van der Waals surface area contributed by atoms with Gasteiger partial charge < -0.3 is 10.6 Å². The molecular formula is C30H30F2N4. The van der Waals surface area contributed by atoms with E-state index in [0.717, 1.165) is 53.1 Å².